The first-order chi connectivity index (χ1) is 12.5. The molecule has 3 fully saturated rings. The first kappa shape index (κ1) is 18.0. The Kier molecular flexibility index (Phi) is 4.80. The van der Waals surface area contributed by atoms with Crippen LogP contribution in [0.15, 0.2) is 4.52 Å². The normalized spacial score (nSPS) is 34.9. The Labute approximate surface area is 156 Å². The quantitative estimate of drug-likeness (QED) is 0.827. The summed E-state index contributed by atoms with van der Waals surface area (Å²) in [5.74, 6) is 1.78. The lowest BCUT2D eigenvalue weighted by atomic mass is 9.56. The highest BCUT2D eigenvalue weighted by Crippen LogP contribution is 2.54. The van der Waals surface area contributed by atoms with E-state index in [0.717, 1.165) is 44.7 Å². The molecule has 6 heteroatoms. The van der Waals surface area contributed by atoms with E-state index in [1.807, 2.05) is 11.8 Å². The molecule has 1 aromatic rings. The lowest BCUT2D eigenvalue weighted by Gasteiger charge is -2.53. The SMILES string of the molecule is Cc1noc(C2CCCCN2C(=O)C2CCC3(CC2)CC(N(C)C)C3)n1. The molecule has 0 radical (unpaired) electrons. The number of carbonyl (C=O) groups excluding carboxylic acids is 1. The van der Waals surface area contributed by atoms with E-state index in [1.54, 1.807) is 0 Å². The van der Waals surface area contributed by atoms with Crippen LogP contribution in [0.5, 0.6) is 0 Å². The molecule has 0 aromatic carbocycles. The number of hydrogen-bond donors (Lipinski definition) is 0. The van der Waals surface area contributed by atoms with Crippen molar-refractivity contribution in [3.05, 3.63) is 11.7 Å². The van der Waals surface area contributed by atoms with Crippen LogP contribution in [0.1, 0.15) is 75.5 Å². The molecule has 4 rings (SSSR count). The third-order valence-corrected chi connectivity index (χ3v) is 7.08. The molecular formula is C20H32N4O2. The van der Waals surface area contributed by atoms with Gasteiger partial charge in [-0.1, -0.05) is 5.16 Å². The van der Waals surface area contributed by atoms with E-state index >= 15 is 0 Å². The number of aryl methyl sites for hydroxylation is 1. The van der Waals surface area contributed by atoms with Gasteiger partial charge in [0.25, 0.3) is 0 Å². The van der Waals surface area contributed by atoms with Crippen molar-refractivity contribution in [1.82, 2.24) is 19.9 Å². The molecule has 2 heterocycles. The first-order valence-corrected chi connectivity index (χ1v) is 10.2. The standard InChI is InChI=1S/C20H32N4O2/c1-14-21-18(26-22-14)17-6-4-5-11-24(17)19(25)15-7-9-20(10-8-15)12-16(13-20)23(2)3/h15-17H,4-13H2,1-3H3. The molecule has 0 N–H and O–H groups in total. The van der Waals surface area contributed by atoms with Crippen molar-refractivity contribution >= 4 is 5.91 Å². The highest BCUT2D eigenvalue weighted by molar-refractivity contribution is 5.79. The fourth-order valence-electron chi connectivity index (χ4n) is 5.33. The van der Waals surface area contributed by atoms with E-state index in [4.69, 9.17) is 4.52 Å². The van der Waals surface area contributed by atoms with Crippen LogP contribution in [-0.4, -0.2) is 52.5 Å². The van der Waals surface area contributed by atoms with Gasteiger partial charge in [0.1, 0.15) is 6.04 Å². The summed E-state index contributed by atoms with van der Waals surface area (Å²) in [7, 11) is 4.37. The lowest BCUT2D eigenvalue weighted by molar-refractivity contribution is -0.143. The highest BCUT2D eigenvalue weighted by atomic mass is 16.5. The van der Waals surface area contributed by atoms with Gasteiger partial charge in [-0.3, -0.25) is 4.79 Å². The maximum Gasteiger partial charge on any atom is 0.249 e. The summed E-state index contributed by atoms with van der Waals surface area (Å²) in [6.45, 7) is 2.66. The molecule has 1 atom stereocenters. The highest BCUT2D eigenvalue weighted by Gasteiger charge is 2.48. The van der Waals surface area contributed by atoms with Crippen molar-refractivity contribution < 1.29 is 9.32 Å². The van der Waals surface area contributed by atoms with Crippen molar-refractivity contribution in [3.8, 4) is 0 Å². The molecule has 1 unspecified atom stereocenters. The zero-order valence-corrected chi connectivity index (χ0v) is 16.4. The molecule has 2 aliphatic carbocycles. The molecule has 2 saturated carbocycles. The molecule has 6 nitrogen and oxygen atoms in total. The minimum atomic E-state index is -0.0184. The van der Waals surface area contributed by atoms with Crippen LogP contribution < -0.4 is 0 Å². The number of aromatic nitrogens is 2. The molecular weight excluding hydrogens is 328 g/mol. The van der Waals surface area contributed by atoms with Crippen LogP contribution in [0.4, 0.5) is 0 Å². The van der Waals surface area contributed by atoms with E-state index in [-0.39, 0.29) is 12.0 Å². The van der Waals surface area contributed by atoms with Crippen molar-refractivity contribution in [2.75, 3.05) is 20.6 Å². The van der Waals surface area contributed by atoms with Gasteiger partial charge in [-0.05, 0) is 84.2 Å². The van der Waals surface area contributed by atoms with Crippen molar-refractivity contribution in [1.29, 1.82) is 0 Å². The third kappa shape index (κ3) is 3.28. The van der Waals surface area contributed by atoms with Gasteiger partial charge in [-0.2, -0.15) is 4.98 Å². The Morgan fingerprint density at radius 2 is 1.92 bits per heavy atom. The smallest absolute Gasteiger partial charge is 0.249 e. The van der Waals surface area contributed by atoms with E-state index < -0.39 is 0 Å². The predicted octanol–water partition coefficient (Wildman–Crippen LogP) is 3.33. The number of hydrogen-bond acceptors (Lipinski definition) is 5. The number of rotatable bonds is 3. The average Bonchev–Trinajstić information content (AvgIpc) is 3.05. The zero-order chi connectivity index (χ0) is 18.3. The summed E-state index contributed by atoms with van der Waals surface area (Å²) in [5, 5.41) is 3.93. The van der Waals surface area contributed by atoms with Crippen LogP contribution in [-0.2, 0) is 4.79 Å². The number of nitrogens with zero attached hydrogens (tertiary/aromatic N) is 4. The van der Waals surface area contributed by atoms with Crippen molar-refractivity contribution in [3.63, 3.8) is 0 Å². The number of likely N-dealkylation sites (tertiary alicyclic amines) is 1. The van der Waals surface area contributed by atoms with Crippen molar-refractivity contribution in [2.45, 2.75) is 76.8 Å². The summed E-state index contributed by atoms with van der Waals surface area (Å²) in [5.41, 5.74) is 0.524. The molecule has 1 amide bonds. The molecule has 26 heavy (non-hydrogen) atoms. The average molecular weight is 361 g/mol. The van der Waals surface area contributed by atoms with Gasteiger partial charge in [0, 0.05) is 18.5 Å². The molecule has 1 spiro atoms. The monoisotopic (exact) mass is 360 g/mol. The van der Waals surface area contributed by atoms with E-state index in [9.17, 15) is 4.79 Å². The lowest BCUT2D eigenvalue weighted by Crippen LogP contribution is -2.51. The minimum absolute atomic E-state index is 0.0184. The number of amides is 1. The van der Waals surface area contributed by atoms with Gasteiger partial charge in [-0.15, -0.1) is 0 Å². The maximum atomic E-state index is 13.3. The molecule has 1 saturated heterocycles. The van der Waals surface area contributed by atoms with E-state index in [2.05, 4.69) is 29.1 Å². The van der Waals surface area contributed by atoms with Gasteiger partial charge >= 0.3 is 0 Å². The Morgan fingerprint density at radius 3 is 2.54 bits per heavy atom. The van der Waals surface area contributed by atoms with Gasteiger partial charge in [-0.25, -0.2) is 0 Å². The van der Waals surface area contributed by atoms with Crippen molar-refractivity contribution in [2.24, 2.45) is 11.3 Å². The first-order valence-electron chi connectivity index (χ1n) is 10.2. The van der Waals surface area contributed by atoms with E-state index in [0.29, 0.717) is 23.0 Å². The zero-order valence-electron chi connectivity index (χ0n) is 16.4. The Balaban J connectivity index is 1.38. The van der Waals surface area contributed by atoms with Crippen LogP contribution in [0.3, 0.4) is 0 Å². The van der Waals surface area contributed by atoms with Gasteiger partial charge in [0.2, 0.25) is 11.8 Å². The third-order valence-electron chi connectivity index (χ3n) is 7.08. The van der Waals surface area contributed by atoms with E-state index in [1.165, 1.54) is 25.7 Å². The minimum Gasteiger partial charge on any atom is -0.337 e. The van der Waals surface area contributed by atoms with Gasteiger partial charge in [0.15, 0.2) is 5.82 Å². The second-order valence-electron chi connectivity index (χ2n) is 9.02. The summed E-state index contributed by atoms with van der Waals surface area (Å²) in [6, 6.07) is 0.727. The van der Waals surface area contributed by atoms with Crippen LogP contribution >= 0.6 is 0 Å². The fraction of sp³-hybridized carbons (Fsp3) is 0.850. The summed E-state index contributed by atoms with van der Waals surface area (Å²) in [4.78, 5) is 22.1. The van der Waals surface area contributed by atoms with Crippen LogP contribution in [0.25, 0.3) is 0 Å². The molecule has 1 aromatic heterocycles. The molecule has 0 bridgehead atoms. The number of carbonyl (C=O) groups is 1. The van der Waals surface area contributed by atoms with Gasteiger partial charge in [0.05, 0.1) is 0 Å². The molecule has 1 aliphatic heterocycles. The molecule has 144 valence electrons. The maximum absolute atomic E-state index is 13.3. The summed E-state index contributed by atoms with van der Waals surface area (Å²) in [6.07, 6.45) is 10.3. The van der Waals surface area contributed by atoms with Crippen LogP contribution in [0, 0.1) is 18.3 Å². The van der Waals surface area contributed by atoms with Crippen LogP contribution in [0.2, 0.25) is 0 Å². The second kappa shape index (κ2) is 6.95. The Hall–Kier alpha value is -1.43. The summed E-state index contributed by atoms with van der Waals surface area (Å²) >= 11 is 0. The fourth-order valence-corrected chi connectivity index (χ4v) is 5.33. The topological polar surface area (TPSA) is 62.5 Å². The number of piperidine rings is 1. The summed E-state index contributed by atoms with van der Waals surface area (Å²) < 4.78 is 5.41. The Morgan fingerprint density at radius 1 is 1.19 bits per heavy atom. The van der Waals surface area contributed by atoms with Gasteiger partial charge < -0.3 is 14.3 Å². The Bertz CT molecular complexity index is 640. The largest absolute Gasteiger partial charge is 0.337 e. The second-order valence-corrected chi connectivity index (χ2v) is 9.02. The molecule has 3 aliphatic rings. The predicted molar refractivity (Wildman–Crippen MR) is 98.4 cm³/mol.